The van der Waals surface area contributed by atoms with Crippen LogP contribution in [0.1, 0.15) is 31.7 Å². The molecule has 3 aromatic rings. The molecule has 1 unspecified atom stereocenters. The summed E-state index contributed by atoms with van der Waals surface area (Å²) in [5.41, 5.74) is 4.08. The van der Waals surface area contributed by atoms with Crippen molar-refractivity contribution in [1.82, 2.24) is 29.7 Å². The number of alkyl halides is 3. The van der Waals surface area contributed by atoms with Crippen molar-refractivity contribution >= 4 is 5.91 Å². The number of amides is 1. The van der Waals surface area contributed by atoms with Crippen molar-refractivity contribution in [1.29, 1.82) is 0 Å². The van der Waals surface area contributed by atoms with Crippen LogP contribution in [0.15, 0.2) is 60.2 Å². The van der Waals surface area contributed by atoms with E-state index >= 15 is 0 Å². The number of rotatable bonds is 5. The van der Waals surface area contributed by atoms with Gasteiger partial charge in [0.15, 0.2) is 0 Å². The van der Waals surface area contributed by atoms with E-state index in [9.17, 15) is 18.0 Å². The number of hydrogen-bond acceptors (Lipinski definition) is 5. The zero-order chi connectivity index (χ0) is 25.4. The van der Waals surface area contributed by atoms with Gasteiger partial charge >= 0.3 is 6.18 Å². The maximum Gasteiger partial charge on any atom is 0.406 e. The Hall–Kier alpha value is -3.89. The van der Waals surface area contributed by atoms with Crippen molar-refractivity contribution in [3.8, 4) is 28.1 Å². The van der Waals surface area contributed by atoms with Crippen LogP contribution in [-0.2, 0) is 11.8 Å². The standard InChI is InChI=1S/C25H25F3N6O2/c1-32-13-18(12-29-32)19-9-7-17(11-23(19)36-2)20-14-34(31-30-20)22-10-8-16-5-3-4-6-21(16)33(24(22)35)15-25(26,27)28/h5-7,9,11-14,22H,3-4,8,10,15H2,1-2H3. The number of halogens is 3. The summed E-state index contributed by atoms with van der Waals surface area (Å²) < 4.78 is 48.8. The van der Waals surface area contributed by atoms with E-state index in [2.05, 4.69) is 15.4 Å². The van der Waals surface area contributed by atoms with E-state index in [1.54, 1.807) is 30.3 Å². The Morgan fingerprint density at radius 1 is 1.14 bits per heavy atom. The molecule has 36 heavy (non-hydrogen) atoms. The molecular formula is C25H25F3N6O2. The van der Waals surface area contributed by atoms with Crippen LogP contribution in [0.4, 0.5) is 13.2 Å². The number of aromatic nitrogens is 5. The molecule has 0 spiro atoms. The zero-order valence-corrected chi connectivity index (χ0v) is 19.9. The fourth-order valence-electron chi connectivity index (χ4n) is 4.74. The predicted octanol–water partition coefficient (Wildman–Crippen LogP) is 4.68. The number of ether oxygens (including phenoxy) is 1. The lowest BCUT2D eigenvalue weighted by Gasteiger charge is -2.29. The Bertz CT molecular complexity index is 1350. The molecule has 0 saturated carbocycles. The van der Waals surface area contributed by atoms with Gasteiger partial charge in [0.2, 0.25) is 0 Å². The van der Waals surface area contributed by atoms with Gasteiger partial charge in [0.25, 0.3) is 5.91 Å². The molecule has 5 rings (SSSR count). The lowest BCUT2D eigenvalue weighted by molar-refractivity contribution is -0.158. The van der Waals surface area contributed by atoms with Gasteiger partial charge in [-0.25, -0.2) is 4.68 Å². The maximum absolute atomic E-state index is 13.4. The first kappa shape index (κ1) is 23.8. The first-order valence-electron chi connectivity index (χ1n) is 11.6. The van der Waals surface area contributed by atoms with Crippen molar-refractivity contribution in [2.45, 2.75) is 37.9 Å². The summed E-state index contributed by atoms with van der Waals surface area (Å²) in [5, 5.41) is 12.6. The molecule has 188 valence electrons. The summed E-state index contributed by atoms with van der Waals surface area (Å²) >= 11 is 0. The van der Waals surface area contributed by atoms with Crippen LogP contribution < -0.4 is 4.74 Å². The Morgan fingerprint density at radius 2 is 1.94 bits per heavy atom. The van der Waals surface area contributed by atoms with Crippen LogP contribution in [0, 0.1) is 0 Å². The van der Waals surface area contributed by atoms with Gasteiger partial charge in [-0.05, 0) is 43.4 Å². The topological polar surface area (TPSA) is 78.1 Å². The van der Waals surface area contributed by atoms with Crippen LogP contribution in [0.25, 0.3) is 22.4 Å². The average Bonchev–Trinajstić information content (AvgIpc) is 3.49. The Kier molecular flexibility index (Phi) is 6.15. The van der Waals surface area contributed by atoms with E-state index in [1.807, 2.05) is 37.5 Å². The number of hydrogen-bond donors (Lipinski definition) is 0. The van der Waals surface area contributed by atoms with Crippen molar-refractivity contribution < 1.29 is 22.7 Å². The highest BCUT2D eigenvalue weighted by Crippen LogP contribution is 2.37. The third kappa shape index (κ3) is 4.65. The van der Waals surface area contributed by atoms with Crippen molar-refractivity contribution in [3.05, 3.63) is 60.2 Å². The number of benzene rings is 1. The zero-order valence-electron chi connectivity index (χ0n) is 19.9. The molecule has 1 saturated heterocycles. The predicted molar refractivity (Wildman–Crippen MR) is 126 cm³/mol. The highest BCUT2D eigenvalue weighted by Gasteiger charge is 2.40. The van der Waals surface area contributed by atoms with Gasteiger partial charge in [-0.1, -0.05) is 23.4 Å². The molecule has 1 atom stereocenters. The number of fused-ring (bicyclic) bond motifs is 1. The van der Waals surface area contributed by atoms with Gasteiger partial charge < -0.3 is 9.64 Å². The van der Waals surface area contributed by atoms with Crippen LogP contribution >= 0.6 is 0 Å². The quantitative estimate of drug-likeness (QED) is 0.510. The van der Waals surface area contributed by atoms with E-state index in [1.165, 1.54) is 4.68 Å². The fraction of sp³-hybridized carbons (Fsp3) is 0.360. The summed E-state index contributed by atoms with van der Waals surface area (Å²) in [6, 6.07) is 4.66. The minimum absolute atomic E-state index is 0.336. The van der Waals surface area contributed by atoms with Gasteiger partial charge in [-0.3, -0.25) is 9.48 Å². The molecule has 0 bridgehead atoms. The monoisotopic (exact) mass is 498 g/mol. The molecule has 0 radical (unpaired) electrons. The smallest absolute Gasteiger partial charge is 0.406 e. The lowest BCUT2D eigenvalue weighted by Crippen LogP contribution is -2.41. The second-order valence-electron chi connectivity index (χ2n) is 8.89. The molecule has 8 nitrogen and oxygen atoms in total. The molecule has 2 aliphatic rings. The Labute approximate surface area is 205 Å². The van der Waals surface area contributed by atoms with Gasteiger partial charge in [0, 0.05) is 35.6 Å². The SMILES string of the molecule is COc1cc(-c2cn(C3CCC4=CCCC=C4N(CC(F)(F)F)C3=O)nn2)ccc1-c1cnn(C)c1. The molecule has 1 aliphatic heterocycles. The van der Waals surface area contributed by atoms with Crippen LogP contribution in [0.5, 0.6) is 5.75 Å². The molecule has 2 aromatic heterocycles. The number of carbonyl (C=O) groups excluding carboxylic acids is 1. The third-order valence-electron chi connectivity index (χ3n) is 6.43. The molecule has 1 amide bonds. The molecule has 1 aromatic carbocycles. The largest absolute Gasteiger partial charge is 0.496 e. The van der Waals surface area contributed by atoms with E-state index in [-0.39, 0.29) is 0 Å². The molecule has 3 heterocycles. The number of methoxy groups -OCH3 is 1. The molecule has 11 heteroatoms. The summed E-state index contributed by atoms with van der Waals surface area (Å²) in [6.07, 6.45) is 6.53. The van der Waals surface area contributed by atoms with Gasteiger partial charge in [0.05, 0.1) is 19.5 Å². The van der Waals surface area contributed by atoms with Gasteiger partial charge in [-0.15, -0.1) is 5.10 Å². The number of carbonyl (C=O) groups is 1. The normalized spacial score (nSPS) is 18.4. The number of nitrogens with zero attached hydrogens (tertiary/aromatic N) is 6. The fourth-order valence-corrected chi connectivity index (χ4v) is 4.74. The molecule has 1 fully saturated rings. The summed E-state index contributed by atoms with van der Waals surface area (Å²) in [5.74, 6) is -0.0234. The van der Waals surface area contributed by atoms with Crippen molar-refractivity contribution in [2.24, 2.45) is 7.05 Å². The Morgan fingerprint density at radius 3 is 2.67 bits per heavy atom. The van der Waals surface area contributed by atoms with Crippen molar-refractivity contribution in [3.63, 3.8) is 0 Å². The second-order valence-corrected chi connectivity index (χ2v) is 8.89. The lowest BCUT2D eigenvalue weighted by atomic mass is 9.99. The summed E-state index contributed by atoms with van der Waals surface area (Å²) in [6.45, 7) is -1.33. The van der Waals surface area contributed by atoms with E-state index in [0.29, 0.717) is 42.0 Å². The van der Waals surface area contributed by atoms with E-state index < -0.39 is 24.7 Å². The first-order valence-corrected chi connectivity index (χ1v) is 11.6. The summed E-state index contributed by atoms with van der Waals surface area (Å²) in [4.78, 5) is 14.2. The minimum atomic E-state index is -4.52. The van der Waals surface area contributed by atoms with E-state index in [4.69, 9.17) is 4.74 Å². The van der Waals surface area contributed by atoms with Crippen LogP contribution in [0.2, 0.25) is 0 Å². The van der Waals surface area contributed by atoms with Gasteiger partial charge in [0.1, 0.15) is 24.0 Å². The Balaban J connectivity index is 1.46. The highest BCUT2D eigenvalue weighted by molar-refractivity contribution is 5.84. The van der Waals surface area contributed by atoms with Gasteiger partial charge in [-0.2, -0.15) is 18.3 Å². The number of aryl methyl sites for hydroxylation is 1. The molecule has 1 aliphatic carbocycles. The van der Waals surface area contributed by atoms with Crippen molar-refractivity contribution in [2.75, 3.05) is 13.7 Å². The number of likely N-dealkylation sites (tertiary alicyclic amines) is 1. The van der Waals surface area contributed by atoms with Crippen LogP contribution in [0.3, 0.4) is 0 Å². The first-order chi connectivity index (χ1) is 17.2. The third-order valence-corrected chi connectivity index (χ3v) is 6.43. The van der Waals surface area contributed by atoms with Crippen LogP contribution in [-0.4, -0.2) is 55.4 Å². The average molecular weight is 499 g/mol. The minimum Gasteiger partial charge on any atom is -0.496 e. The molecular weight excluding hydrogens is 473 g/mol. The highest BCUT2D eigenvalue weighted by atomic mass is 19.4. The van der Waals surface area contributed by atoms with E-state index in [0.717, 1.165) is 28.0 Å². The molecule has 0 N–H and O–H groups in total. The maximum atomic E-state index is 13.4. The summed E-state index contributed by atoms with van der Waals surface area (Å²) in [7, 11) is 3.40. The second kappa shape index (κ2) is 9.29. The number of allylic oxidation sites excluding steroid dienone is 3.